The Morgan fingerprint density at radius 1 is 0.667 bits per heavy atom. The molecule has 7 heteroatoms. The molecule has 0 aliphatic heterocycles. The van der Waals surface area contributed by atoms with E-state index in [-0.39, 0.29) is 11.1 Å². The average molecular weight is 321 g/mol. The Hall–Kier alpha value is -3.61. The molecule has 3 aromatic heterocycles. The lowest BCUT2D eigenvalue weighted by molar-refractivity contribution is 0.0685. The maximum absolute atomic E-state index is 10.9. The smallest absolute Gasteiger partial charge is 0.337 e. The van der Waals surface area contributed by atoms with E-state index in [9.17, 15) is 9.59 Å². The van der Waals surface area contributed by atoms with Crippen molar-refractivity contribution in [2.24, 2.45) is 0 Å². The number of carbonyl (C=O) groups is 2. The van der Waals surface area contributed by atoms with Gasteiger partial charge in [-0.3, -0.25) is 9.97 Å². The summed E-state index contributed by atoms with van der Waals surface area (Å²) in [7, 11) is 0. The number of pyridine rings is 3. The summed E-state index contributed by atoms with van der Waals surface area (Å²) in [6.45, 7) is 0. The standard InChI is InChI=1S/C17H11N3O4/c21-16(22)10-4-6-12(18-8-10)14-2-1-3-15(20-14)13-7-5-11(9-19-13)17(23)24/h1-9H,(H,21,22)(H,23,24). The molecule has 0 spiro atoms. The first-order valence-corrected chi connectivity index (χ1v) is 6.91. The molecule has 24 heavy (non-hydrogen) atoms. The van der Waals surface area contributed by atoms with Crippen molar-refractivity contribution in [3.8, 4) is 22.8 Å². The van der Waals surface area contributed by atoms with Crippen LogP contribution in [0, 0.1) is 0 Å². The highest BCUT2D eigenvalue weighted by Crippen LogP contribution is 2.20. The summed E-state index contributed by atoms with van der Waals surface area (Å²) >= 11 is 0. The van der Waals surface area contributed by atoms with E-state index in [1.165, 1.54) is 24.5 Å². The molecule has 3 aromatic rings. The number of carboxylic acid groups (broad SMARTS) is 2. The van der Waals surface area contributed by atoms with Crippen molar-refractivity contribution < 1.29 is 19.8 Å². The Bertz CT molecular complexity index is 833. The quantitative estimate of drug-likeness (QED) is 0.759. The molecule has 0 aliphatic rings. The van der Waals surface area contributed by atoms with Gasteiger partial charge in [0.05, 0.1) is 33.9 Å². The largest absolute Gasteiger partial charge is 0.478 e. The van der Waals surface area contributed by atoms with Crippen molar-refractivity contribution in [3.05, 3.63) is 66.0 Å². The molecule has 0 bridgehead atoms. The zero-order valence-corrected chi connectivity index (χ0v) is 12.2. The minimum atomic E-state index is -1.04. The Balaban J connectivity index is 1.94. The second-order valence-corrected chi connectivity index (χ2v) is 4.88. The van der Waals surface area contributed by atoms with E-state index in [0.717, 1.165) is 0 Å². The fourth-order valence-electron chi connectivity index (χ4n) is 2.06. The van der Waals surface area contributed by atoms with Gasteiger partial charge in [0, 0.05) is 12.4 Å². The van der Waals surface area contributed by atoms with Crippen LogP contribution in [-0.4, -0.2) is 37.1 Å². The summed E-state index contributed by atoms with van der Waals surface area (Å²) in [6.07, 6.45) is 2.54. The molecule has 7 nitrogen and oxygen atoms in total. The number of nitrogens with zero attached hydrogens (tertiary/aromatic N) is 3. The summed E-state index contributed by atoms with van der Waals surface area (Å²) in [6, 6.07) is 11.3. The molecule has 0 unspecified atom stereocenters. The number of carboxylic acids is 2. The molecule has 0 aromatic carbocycles. The average Bonchev–Trinajstić information content (AvgIpc) is 2.62. The van der Waals surface area contributed by atoms with E-state index in [0.29, 0.717) is 22.8 Å². The van der Waals surface area contributed by atoms with E-state index >= 15 is 0 Å². The van der Waals surface area contributed by atoms with Crippen molar-refractivity contribution in [1.82, 2.24) is 15.0 Å². The molecule has 0 fully saturated rings. The number of hydrogen-bond donors (Lipinski definition) is 2. The first kappa shape index (κ1) is 15.3. The normalized spacial score (nSPS) is 10.3. The molecule has 3 rings (SSSR count). The van der Waals surface area contributed by atoms with Crippen molar-refractivity contribution in [2.45, 2.75) is 0 Å². The number of hydrogen-bond acceptors (Lipinski definition) is 5. The van der Waals surface area contributed by atoms with Crippen molar-refractivity contribution in [1.29, 1.82) is 0 Å². The van der Waals surface area contributed by atoms with Crippen LogP contribution in [0.4, 0.5) is 0 Å². The van der Waals surface area contributed by atoms with Gasteiger partial charge >= 0.3 is 11.9 Å². The van der Waals surface area contributed by atoms with Crippen LogP contribution in [0.5, 0.6) is 0 Å². The third-order valence-corrected chi connectivity index (χ3v) is 3.29. The van der Waals surface area contributed by atoms with Crippen LogP contribution < -0.4 is 0 Å². The van der Waals surface area contributed by atoms with Crippen molar-refractivity contribution in [2.75, 3.05) is 0 Å². The van der Waals surface area contributed by atoms with Crippen molar-refractivity contribution in [3.63, 3.8) is 0 Å². The molecule has 2 N–H and O–H groups in total. The third-order valence-electron chi connectivity index (χ3n) is 3.29. The molecule has 0 amide bonds. The molecular formula is C17H11N3O4. The minimum absolute atomic E-state index is 0.0980. The van der Waals surface area contributed by atoms with Gasteiger partial charge < -0.3 is 10.2 Å². The van der Waals surface area contributed by atoms with Crippen molar-refractivity contribution >= 4 is 11.9 Å². The minimum Gasteiger partial charge on any atom is -0.478 e. The summed E-state index contributed by atoms with van der Waals surface area (Å²) < 4.78 is 0. The maximum Gasteiger partial charge on any atom is 0.337 e. The van der Waals surface area contributed by atoms with E-state index in [1.807, 2.05) is 0 Å². The second-order valence-electron chi connectivity index (χ2n) is 4.88. The summed E-state index contributed by atoms with van der Waals surface area (Å²) in [4.78, 5) is 34.4. The lowest BCUT2D eigenvalue weighted by atomic mass is 10.1. The van der Waals surface area contributed by atoms with Gasteiger partial charge in [-0.05, 0) is 36.4 Å². The second kappa shape index (κ2) is 6.25. The molecular weight excluding hydrogens is 310 g/mol. The van der Waals surface area contributed by atoms with Crippen LogP contribution in [0.15, 0.2) is 54.9 Å². The highest BCUT2D eigenvalue weighted by Gasteiger charge is 2.09. The number of aromatic carboxylic acids is 2. The predicted molar refractivity (Wildman–Crippen MR) is 84.6 cm³/mol. The molecule has 0 atom stereocenters. The van der Waals surface area contributed by atoms with E-state index in [4.69, 9.17) is 10.2 Å². The van der Waals surface area contributed by atoms with Gasteiger partial charge in [-0.15, -0.1) is 0 Å². The fourth-order valence-corrected chi connectivity index (χ4v) is 2.06. The van der Waals surface area contributed by atoms with Crippen LogP contribution in [0.25, 0.3) is 22.8 Å². The molecule has 0 radical (unpaired) electrons. The molecule has 0 saturated carbocycles. The van der Waals surface area contributed by atoms with Gasteiger partial charge in [0.2, 0.25) is 0 Å². The first-order valence-electron chi connectivity index (χ1n) is 6.91. The molecule has 0 aliphatic carbocycles. The highest BCUT2D eigenvalue weighted by molar-refractivity contribution is 5.88. The highest BCUT2D eigenvalue weighted by atomic mass is 16.4. The fraction of sp³-hybridized carbons (Fsp3) is 0. The Kier molecular flexibility index (Phi) is 3.98. The number of aromatic nitrogens is 3. The zero-order valence-electron chi connectivity index (χ0n) is 12.2. The monoisotopic (exact) mass is 321 g/mol. The Morgan fingerprint density at radius 3 is 1.46 bits per heavy atom. The van der Waals surface area contributed by atoms with Gasteiger partial charge in [-0.1, -0.05) is 6.07 Å². The van der Waals surface area contributed by atoms with Gasteiger partial charge in [0.1, 0.15) is 0 Å². The summed E-state index contributed by atoms with van der Waals surface area (Å²) in [5.74, 6) is -2.09. The van der Waals surface area contributed by atoms with E-state index in [2.05, 4.69) is 15.0 Å². The number of rotatable bonds is 4. The van der Waals surface area contributed by atoms with Gasteiger partial charge in [-0.25, -0.2) is 14.6 Å². The molecule has 118 valence electrons. The van der Waals surface area contributed by atoms with Crippen LogP contribution in [0.3, 0.4) is 0 Å². The molecule has 3 heterocycles. The maximum atomic E-state index is 10.9. The van der Waals surface area contributed by atoms with Crippen LogP contribution in [0.2, 0.25) is 0 Å². The summed E-state index contributed by atoms with van der Waals surface area (Å²) in [5, 5.41) is 17.8. The third kappa shape index (κ3) is 3.09. The zero-order chi connectivity index (χ0) is 17.1. The van der Waals surface area contributed by atoms with E-state index < -0.39 is 11.9 Å². The predicted octanol–water partition coefficient (Wildman–Crippen LogP) is 2.60. The van der Waals surface area contributed by atoms with Crippen LogP contribution >= 0.6 is 0 Å². The van der Waals surface area contributed by atoms with Gasteiger partial charge in [-0.2, -0.15) is 0 Å². The summed E-state index contributed by atoms with van der Waals surface area (Å²) in [5.41, 5.74) is 2.39. The molecule has 0 saturated heterocycles. The van der Waals surface area contributed by atoms with E-state index in [1.54, 1.807) is 30.3 Å². The van der Waals surface area contributed by atoms with Crippen LogP contribution in [-0.2, 0) is 0 Å². The van der Waals surface area contributed by atoms with Gasteiger partial charge in [0.25, 0.3) is 0 Å². The van der Waals surface area contributed by atoms with Gasteiger partial charge in [0.15, 0.2) is 0 Å². The lowest BCUT2D eigenvalue weighted by Crippen LogP contribution is -1.99. The lowest BCUT2D eigenvalue weighted by Gasteiger charge is -2.05. The topological polar surface area (TPSA) is 113 Å². The first-order chi connectivity index (χ1) is 11.5. The Labute approximate surface area is 136 Å². The van der Waals surface area contributed by atoms with Crippen LogP contribution in [0.1, 0.15) is 20.7 Å². The Morgan fingerprint density at radius 2 is 1.12 bits per heavy atom. The SMILES string of the molecule is O=C(O)c1ccc(-c2cccc(-c3ccc(C(=O)O)cn3)n2)nc1.